The molecule has 2 rings (SSSR count). The fourth-order valence-corrected chi connectivity index (χ4v) is 2.91. The third-order valence-corrected chi connectivity index (χ3v) is 4.47. The lowest BCUT2D eigenvalue weighted by molar-refractivity contribution is -0.0329. The lowest BCUT2D eigenvalue weighted by Crippen LogP contribution is -2.31. The lowest BCUT2D eigenvalue weighted by atomic mass is 10.0. The number of anilines is 1. The smallest absolute Gasteiger partial charge is 0.348 e. The fraction of sp³-hybridized carbons (Fsp3) is 0.353. The van der Waals surface area contributed by atoms with E-state index in [-0.39, 0.29) is 11.6 Å². The summed E-state index contributed by atoms with van der Waals surface area (Å²) in [6, 6.07) is 3.66. The van der Waals surface area contributed by atoms with E-state index in [0.29, 0.717) is 12.0 Å². The summed E-state index contributed by atoms with van der Waals surface area (Å²) in [7, 11) is 3.27. The van der Waals surface area contributed by atoms with E-state index in [9.17, 15) is 27.2 Å². The number of halogens is 4. The van der Waals surface area contributed by atoms with Crippen molar-refractivity contribution in [3.8, 4) is 0 Å². The van der Waals surface area contributed by atoms with Gasteiger partial charge in [0.2, 0.25) is 5.95 Å². The zero-order valence-electron chi connectivity index (χ0n) is 15.2. The molecule has 2 aromatic rings. The maximum absolute atomic E-state index is 14.0. The first-order valence-electron chi connectivity index (χ1n) is 8.15. The van der Waals surface area contributed by atoms with E-state index < -0.39 is 45.5 Å². The topological polar surface area (TPSA) is 78.1 Å². The highest BCUT2D eigenvalue weighted by Crippen LogP contribution is 2.38. The number of thioether (sulfide) groups is 1. The summed E-state index contributed by atoms with van der Waals surface area (Å²) >= 11 is -0.543. The van der Waals surface area contributed by atoms with Gasteiger partial charge in [-0.2, -0.15) is 13.2 Å². The van der Waals surface area contributed by atoms with Crippen LogP contribution in [0.15, 0.2) is 34.0 Å². The molecule has 1 atom stereocenters. The summed E-state index contributed by atoms with van der Waals surface area (Å²) in [5.74, 6) is -1.50. The summed E-state index contributed by atoms with van der Waals surface area (Å²) in [4.78, 5) is 31.6. The molecule has 1 aromatic carbocycles. The molecule has 0 spiro atoms. The van der Waals surface area contributed by atoms with E-state index in [4.69, 9.17) is 0 Å². The van der Waals surface area contributed by atoms with Crippen LogP contribution in [0.25, 0.3) is 0 Å². The van der Waals surface area contributed by atoms with E-state index in [0.717, 1.165) is 18.2 Å². The Balaban J connectivity index is 2.23. The number of alkyl halides is 3. The number of amides is 1. The van der Waals surface area contributed by atoms with Gasteiger partial charge >= 0.3 is 5.51 Å². The standard InChI is InChI=1S/C17H18F4N4O2S/c1-4-11(9-5-6-13(10(18)7-9)28-17(19,20)21)22-15(27)12-8-14(26)24-16(23-12)25(2)3/h5-8,11H,4H2,1-3H3,(H,22,27)(H,23,24,26)/t11-/m1/s1. The number of hydrogen-bond acceptors (Lipinski definition) is 5. The molecule has 1 aromatic heterocycles. The Bertz CT molecular complexity index is 915. The van der Waals surface area contributed by atoms with Crippen LogP contribution in [0.3, 0.4) is 0 Å². The van der Waals surface area contributed by atoms with Crippen molar-refractivity contribution >= 4 is 23.6 Å². The molecule has 0 radical (unpaired) electrons. The molecule has 28 heavy (non-hydrogen) atoms. The number of hydrogen-bond donors (Lipinski definition) is 2. The zero-order valence-corrected chi connectivity index (χ0v) is 16.0. The molecule has 0 saturated heterocycles. The SMILES string of the molecule is CC[C@@H](NC(=O)c1cc(=O)[nH]c(N(C)C)n1)c1ccc(SC(F)(F)F)c(F)c1. The summed E-state index contributed by atoms with van der Waals surface area (Å²) in [5.41, 5.74) is -4.94. The number of benzene rings is 1. The van der Waals surface area contributed by atoms with E-state index in [1.807, 2.05) is 0 Å². The van der Waals surface area contributed by atoms with Crippen molar-refractivity contribution in [2.24, 2.45) is 0 Å². The fourth-order valence-electron chi connectivity index (χ4n) is 2.37. The van der Waals surface area contributed by atoms with Crippen LogP contribution >= 0.6 is 11.8 Å². The Morgan fingerprint density at radius 2 is 2.00 bits per heavy atom. The molecule has 0 fully saturated rings. The number of aromatic nitrogens is 2. The first-order valence-corrected chi connectivity index (χ1v) is 8.96. The van der Waals surface area contributed by atoms with Crippen LogP contribution in [0.5, 0.6) is 0 Å². The molecular formula is C17H18F4N4O2S. The minimum atomic E-state index is -4.60. The normalized spacial score (nSPS) is 12.5. The van der Waals surface area contributed by atoms with Crippen molar-refractivity contribution in [3.63, 3.8) is 0 Å². The van der Waals surface area contributed by atoms with Crippen LogP contribution in [0.1, 0.15) is 35.4 Å². The molecular weight excluding hydrogens is 400 g/mol. The molecule has 1 amide bonds. The molecule has 11 heteroatoms. The lowest BCUT2D eigenvalue weighted by Gasteiger charge is -2.19. The molecule has 0 unspecified atom stereocenters. The maximum atomic E-state index is 14.0. The molecule has 6 nitrogen and oxygen atoms in total. The van der Waals surface area contributed by atoms with Gasteiger partial charge in [-0.1, -0.05) is 13.0 Å². The van der Waals surface area contributed by atoms with Gasteiger partial charge < -0.3 is 10.2 Å². The number of rotatable bonds is 6. The van der Waals surface area contributed by atoms with E-state index in [1.54, 1.807) is 21.0 Å². The first kappa shape index (κ1) is 21.7. The highest BCUT2D eigenvalue weighted by Gasteiger charge is 2.31. The van der Waals surface area contributed by atoms with Gasteiger partial charge in [0.25, 0.3) is 11.5 Å². The molecule has 0 saturated carbocycles. The quantitative estimate of drug-likeness (QED) is 0.555. The second kappa shape index (κ2) is 8.63. The minimum absolute atomic E-state index is 0.129. The maximum Gasteiger partial charge on any atom is 0.446 e. The number of nitrogens with one attached hydrogen (secondary N) is 2. The molecule has 0 bridgehead atoms. The Morgan fingerprint density at radius 3 is 2.54 bits per heavy atom. The first-order chi connectivity index (χ1) is 13.0. The van der Waals surface area contributed by atoms with E-state index in [1.165, 1.54) is 11.0 Å². The van der Waals surface area contributed by atoms with Gasteiger partial charge in [-0.05, 0) is 35.9 Å². The number of H-pyrrole nitrogens is 1. The van der Waals surface area contributed by atoms with Crippen LogP contribution in [0, 0.1) is 5.82 Å². The summed E-state index contributed by atoms with van der Waals surface area (Å²) in [6.45, 7) is 1.72. The molecule has 0 aliphatic heterocycles. The predicted octanol–water partition coefficient (Wildman–Crippen LogP) is 3.47. The Hall–Kier alpha value is -2.56. The van der Waals surface area contributed by atoms with Crippen molar-refractivity contribution in [2.75, 3.05) is 19.0 Å². The monoisotopic (exact) mass is 418 g/mol. The third-order valence-electron chi connectivity index (χ3n) is 3.68. The summed E-state index contributed by atoms with van der Waals surface area (Å²) in [6.07, 6.45) is 0.348. The Morgan fingerprint density at radius 1 is 1.32 bits per heavy atom. The number of carbonyl (C=O) groups excluding carboxylic acids is 1. The van der Waals surface area contributed by atoms with Crippen molar-refractivity contribution < 1.29 is 22.4 Å². The molecule has 1 heterocycles. The summed E-state index contributed by atoms with van der Waals surface area (Å²) in [5, 5.41) is 2.62. The van der Waals surface area contributed by atoms with Gasteiger partial charge in [0.1, 0.15) is 11.5 Å². The van der Waals surface area contributed by atoms with Gasteiger partial charge in [-0.15, -0.1) is 0 Å². The van der Waals surface area contributed by atoms with Gasteiger partial charge in [0.05, 0.1) is 10.9 Å². The molecule has 2 N–H and O–H groups in total. The Kier molecular flexibility index (Phi) is 6.70. The highest BCUT2D eigenvalue weighted by atomic mass is 32.2. The van der Waals surface area contributed by atoms with Crippen molar-refractivity contribution in [3.05, 3.63) is 51.7 Å². The van der Waals surface area contributed by atoms with E-state index >= 15 is 0 Å². The van der Waals surface area contributed by atoms with Crippen molar-refractivity contribution in [1.29, 1.82) is 0 Å². The van der Waals surface area contributed by atoms with Crippen LogP contribution < -0.4 is 15.8 Å². The van der Waals surface area contributed by atoms with Crippen LogP contribution in [0.2, 0.25) is 0 Å². The zero-order chi connectivity index (χ0) is 21.1. The number of carbonyl (C=O) groups is 1. The van der Waals surface area contributed by atoms with Crippen LogP contribution in [0.4, 0.5) is 23.5 Å². The second-order valence-electron chi connectivity index (χ2n) is 6.02. The largest absolute Gasteiger partial charge is 0.446 e. The average Bonchev–Trinajstić information content (AvgIpc) is 2.59. The van der Waals surface area contributed by atoms with Crippen molar-refractivity contribution in [2.45, 2.75) is 29.8 Å². The third kappa shape index (κ3) is 5.72. The molecule has 0 aliphatic carbocycles. The highest BCUT2D eigenvalue weighted by molar-refractivity contribution is 8.00. The van der Waals surface area contributed by atoms with E-state index in [2.05, 4.69) is 15.3 Å². The average molecular weight is 418 g/mol. The van der Waals surface area contributed by atoms with Gasteiger partial charge in [0.15, 0.2) is 0 Å². The second-order valence-corrected chi connectivity index (χ2v) is 7.13. The van der Waals surface area contributed by atoms with Crippen molar-refractivity contribution in [1.82, 2.24) is 15.3 Å². The minimum Gasteiger partial charge on any atom is -0.348 e. The Labute approximate surface area is 162 Å². The molecule has 0 aliphatic rings. The summed E-state index contributed by atoms with van der Waals surface area (Å²) < 4.78 is 51.3. The van der Waals surface area contributed by atoms with Crippen LogP contribution in [-0.2, 0) is 0 Å². The molecule has 152 valence electrons. The number of aromatic amines is 1. The van der Waals surface area contributed by atoms with Gasteiger partial charge in [0, 0.05) is 20.2 Å². The van der Waals surface area contributed by atoms with Gasteiger partial charge in [-0.25, -0.2) is 9.37 Å². The predicted molar refractivity (Wildman–Crippen MR) is 98.0 cm³/mol. The van der Waals surface area contributed by atoms with Gasteiger partial charge in [-0.3, -0.25) is 14.6 Å². The van der Waals surface area contributed by atoms with Crippen LogP contribution in [-0.4, -0.2) is 35.5 Å². The number of nitrogens with zero attached hydrogens (tertiary/aromatic N) is 2.